The summed E-state index contributed by atoms with van der Waals surface area (Å²) in [5.74, 6) is 1.38. The Kier molecular flexibility index (Phi) is 6.24. The van der Waals surface area contributed by atoms with Crippen LogP contribution in [0.1, 0.15) is 30.0 Å². The van der Waals surface area contributed by atoms with Crippen molar-refractivity contribution in [2.24, 2.45) is 0 Å². The van der Waals surface area contributed by atoms with Crippen molar-refractivity contribution in [3.8, 4) is 11.3 Å². The first-order valence-corrected chi connectivity index (χ1v) is 10.3. The van der Waals surface area contributed by atoms with Crippen LogP contribution in [-0.4, -0.2) is 40.2 Å². The smallest absolute Gasteiger partial charge is 0.269 e. The molecule has 4 rings (SSSR count). The number of pyridine rings is 1. The fourth-order valence-electron chi connectivity index (χ4n) is 3.75. The molecular weight excluding hydrogens is 416 g/mol. The first-order chi connectivity index (χ1) is 15.1. The number of hydrogen-bond acceptors (Lipinski definition) is 6. The van der Waals surface area contributed by atoms with E-state index in [-0.39, 0.29) is 17.8 Å². The largest absolute Gasteiger partial charge is 0.459 e. The molecule has 1 aliphatic heterocycles. The van der Waals surface area contributed by atoms with Crippen molar-refractivity contribution in [1.82, 2.24) is 15.2 Å². The van der Waals surface area contributed by atoms with Gasteiger partial charge in [0, 0.05) is 44.2 Å². The van der Waals surface area contributed by atoms with Crippen molar-refractivity contribution in [2.45, 2.75) is 18.5 Å². The zero-order valence-corrected chi connectivity index (χ0v) is 17.7. The van der Waals surface area contributed by atoms with Gasteiger partial charge >= 0.3 is 0 Å². The molecule has 9 heteroatoms. The molecule has 3 aromatic rings. The van der Waals surface area contributed by atoms with E-state index in [1.807, 2.05) is 30.3 Å². The van der Waals surface area contributed by atoms with Crippen molar-refractivity contribution in [2.75, 3.05) is 20.3 Å². The predicted molar refractivity (Wildman–Crippen MR) is 119 cm³/mol. The number of methoxy groups -OCH3 is 1. The van der Waals surface area contributed by atoms with Gasteiger partial charge in [-0.15, -0.1) is 0 Å². The highest BCUT2D eigenvalue weighted by atomic mass is 32.1. The van der Waals surface area contributed by atoms with Crippen LogP contribution >= 0.6 is 12.2 Å². The molecule has 1 aromatic carbocycles. The van der Waals surface area contributed by atoms with Crippen LogP contribution in [0.25, 0.3) is 11.3 Å². The molecule has 1 aliphatic rings. The minimum absolute atomic E-state index is 0.0420. The minimum atomic E-state index is -0.419. The predicted octanol–water partition coefficient (Wildman–Crippen LogP) is 4.26. The summed E-state index contributed by atoms with van der Waals surface area (Å²) in [6, 6.07) is 15.6. The summed E-state index contributed by atoms with van der Waals surface area (Å²) in [5.41, 5.74) is 1.68. The normalized spacial score (nSPS) is 18.2. The molecule has 2 aromatic heterocycles. The number of rotatable bonds is 8. The Bertz CT molecular complexity index is 1050. The van der Waals surface area contributed by atoms with Gasteiger partial charge in [-0.2, -0.15) is 0 Å². The van der Waals surface area contributed by atoms with Crippen LogP contribution in [0.15, 0.2) is 65.2 Å². The number of hydrogen-bond donors (Lipinski definition) is 1. The lowest BCUT2D eigenvalue weighted by atomic mass is 10.0. The first kappa shape index (κ1) is 21.0. The minimum Gasteiger partial charge on any atom is -0.459 e. The third-order valence-corrected chi connectivity index (χ3v) is 5.58. The second-order valence-corrected chi connectivity index (χ2v) is 7.56. The molecule has 1 saturated heterocycles. The molecule has 0 saturated carbocycles. The molecule has 0 radical (unpaired) electrons. The number of non-ortho nitro benzene ring substituents is 1. The van der Waals surface area contributed by atoms with Crippen LogP contribution in [-0.2, 0) is 4.74 Å². The van der Waals surface area contributed by atoms with E-state index >= 15 is 0 Å². The van der Waals surface area contributed by atoms with Gasteiger partial charge in [-0.3, -0.25) is 15.1 Å². The summed E-state index contributed by atoms with van der Waals surface area (Å²) in [4.78, 5) is 17.1. The Morgan fingerprint density at radius 1 is 1.23 bits per heavy atom. The second-order valence-electron chi connectivity index (χ2n) is 7.17. The van der Waals surface area contributed by atoms with Crippen LogP contribution in [0.2, 0.25) is 0 Å². The molecule has 0 bridgehead atoms. The maximum Gasteiger partial charge on any atom is 0.269 e. The zero-order valence-electron chi connectivity index (χ0n) is 16.9. The van der Waals surface area contributed by atoms with Crippen molar-refractivity contribution in [3.05, 3.63) is 82.4 Å². The van der Waals surface area contributed by atoms with Gasteiger partial charge in [-0.05, 0) is 55.0 Å². The number of nitro benzene ring substituents is 1. The number of aromatic nitrogens is 1. The highest BCUT2D eigenvalue weighted by Crippen LogP contribution is 2.40. The van der Waals surface area contributed by atoms with Gasteiger partial charge in [0.05, 0.1) is 16.7 Å². The number of nitro groups is 1. The van der Waals surface area contributed by atoms with Crippen LogP contribution in [0.5, 0.6) is 0 Å². The van der Waals surface area contributed by atoms with Crippen molar-refractivity contribution < 1.29 is 14.1 Å². The second kappa shape index (κ2) is 9.23. The molecule has 0 amide bonds. The number of nitrogens with zero attached hydrogens (tertiary/aromatic N) is 3. The Balaban J connectivity index is 1.66. The summed E-state index contributed by atoms with van der Waals surface area (Å²) in [6.07, 6.45) is 2.58. The number of furan rings is 1. The third kappa shape index (κ3) is 4.42. The molecule has 3 heterocycles. The average Bonchev–Trinajstić information content (AvgIpc) is 3.39. The number of nitrogens with one attached hydrogen (secondary N) is 1. The lowest BCUT2D eigenvalue weighted by Gasteiger charge is -2.25. The molecule has 0 unspecified atom stereocenters. The fourth-order valence-corrected chi connectivity index (χ4v) is 4.08. The van der Waals surface area contributed by atoms with Crippen LogP contribution in [0.4, 0.5) is 5.69 Å². The number of thiocarbonyl (C=S) groups is 1. The molecule has 160 valence electrons. The van der Waals surface area contributed by atoms with E-state index in [1.54, 1.807) is 25.4 Å². The van der Waals surface area contributed by atoms with Crippen molar-refractivity contribution in [1.29, 1.82) is 0 Å². The Morgan fingerprint density at radius 3 is 2.71 bits per heavy atom. The molecule has 0 spiro atoms. The van der Waals surface area contributed by atoms with E-state index in [2.05, 4.69) is 15.2 Å². The van der Waals surface area contributed by atoms with Gasteiger partial charge in [0.15, 0.2) is 5.11 Å². The van der Waals surface area contributed by atoms with Crippen LogP contribution in [0, 0.1) is 10.1 Å². The fraction of sp³-hybridized carbons (Fsp3) is 0.273. The quantitative estimate of drug-likeness (QED) is 0.241. The van der Waals surface area contributed by atoms with Gasteiger partial charge in [-0.1, -0.05) is 6.07 Å². The molecule has 2 atom stereocenters. The molecule has 31 heavy (non-hydrogen) atoms. The summed E-state index contributed by atoms with van der Waals surface area (Å²) < 4.78 is 11.4. The molecule has 1 N–H and O–H groups in total. The van der Waals surface area contributed by atoms with Crippen LogP contribution in [0.3, 0.4) is 0 Å². The SMILES string of the molecule is COCCCN1C(=S)N[C@H](c2ccccn2)[C@H]1c1ccc(-c2ccc([N+](=O)[O-])cc2)o1. The Morgan fingerprint density at radius 2 is 2.03 bits per heavy atom. The van der Waals surface area contributed by atoms with E-state index in [1.165, 1.54) is 12.1 Å². The molecule has 1 fully saturated rings. The molecule has 8 nitrogen and oxygen atoms in total. The van der Waals surface area contributed by atoms with E-state index in [9.17, 15) is 10.1 Å². The highest BCUT2D eigenvalue weighted by Gasteiger charge is 2.41. The third-order valence-electron chi connectivity index (χ3n) is 5.23. The average molecular weight is 439 g/mol. The number of benzene rings is 1. The first-order valence-electron chi connectivity index (χ1n) is 9.90. The summed E-state index contributed by atoms with van der Waals surface area (Å²) >= 11 is 5.62. The lowest BCUT2D eigenvalue weighted by Crippen LogP contribution is -2.31. The van der Waals surface area contributed by atoms with Crippen molar-refractivity contribution in [3.63, 3.8) is 0 Å². The monoisotopic (exact) mass is 438 g/mol. The maximum atomic E-state index is 10.9. The van der Waals surface area contributed by atoms with E-state index in [0.29, 0.717) is 24.0 Å². The van der Waals surface area contributed by atoms with Crippen molar-refractivity contribution >= 4 is 23.0 Å². The summed E-state index contributed by atoms with van der Waals surface area (Å²) in [5, 5.41) is 14.9. The standard InChI is InChI=1S/C22H22N4O4S/c1-29-14-4-13-25-21(20(24-22(25)31)17-5-2-3-12-23-17)19-11-10-18(30-19)15-6-8-16(9-7-15)26(27)28/h2-3,5-12,20-21H,4,13-14H2,1H3,(H,24,31)/t20-,21-/m1/s1. The van der Waals surface area contributed by atoms with Crippen LogP contribution < -0.4 is 5.32 Å². The lowest BCUT2D eigenvalue weighted by molar-refractivity contribution is -0.384. The van der Waals surface area contributed by atoms with Gasteiger partial charge in [-0.25, -0.2) is 0 Å². The maximum absolute atomic E-state index is 10.9. The van der Waals surface area contributed by atoms with Gasteiger partial charge in [0.25, 0.3) is 5.69 Å². The number of ether oxygens (including phenoxy) is 1. The molecule has 0 aliphatic carbocycles. The summed E-state index contributed by atoms with van der Waals surface area (Å²) in [7, 11) is 1.68. The van der Waals surface area contributed by atoms with Gasteiger partial charge in [0.2, 0.25) is 0 Å². The van der Waals surface area contributed by atoms with E-state index in [0.717, 1.165) is 23.4 Å². The van der Waals surface area contributed by atoms with Gasteiger partial charge < -0.3 is 19.4 Å². The highest BCUT2D eigenvalue weighted by molar-refractivity contribution is 7.80. The van der Waals surface area contributed by atoms with Gasteiger partial charge in [0.1, 0.15) is 17.6 Å². The Hall–Kier alpha value is -3.30. The molecular formula is C22H22N4O4S. The zero-order chi connectivity index (χ0) is 21.8. The van der Waals surface area contributed by atoms with E-state index in [4.69, 9.17) is 21.4 Å². The summed E-state index contributed by atoms with van der Waals surface area (Å²) in [6.45, 7) is 1.34. The topological polar surface area (TPSA) is 93.7 Å². The Labute approximate surface area is 185 Å². The van der Waals surface area contributed by atoms with E-state index < -0.39 is 4.92 Å².